The average molecular weight is 268 g/mol. The second kappa shape index (κ2) is 6.21. The molecule has 98 valence electrons. The van der Waals surface area contributed by atoms with Crippen molar-refractivity contribution >= 4 is 17.6 Å². The van der Waals surface area contributed by atoms with Crippen molar-refractivity contribution in [2.45, 2.75) is 38.3 Å². The quantitative estimate of drug-likeness (QED) is 0.881. The summed E-state index contributed by atoms with van der Waals surface area (Å²) in [6.07, 6.45) is 3.56. The van der Waals surface area contributed by atoms with Gasteiger partial charge in [0.05, 0.1) is 5.92 Å². The number of carboxylic acid groups (broad SMARTS) is 1. The van der Waals surface area contributed by atoms with Crippen LogP contribution in [0, 0.1) is 5.92 Å². The highest BCUT2D eigenvalue weighted by Gasteiger charge is 2.26. The molecule has 1 aliphatic rings. The van der Waals surface area contributed by atoms with Gasteiger partial charge in [0.2, 0.25) is 0 Å². The molecule has 18 heavy (non-hydrogen) atoms. The normalized spacial score (nSPS) is 23.8. The number of hydrogen-bond donors (Lipinski definition) is 2. The lowest BCUT2D eigenvalue weighted by Gasteiger charge is -2.27. The predicted octanol–water partition coefficient (Wildman–Crippen LogP) is 3.07. The van der Waals surface area contributed by atoms with E-state index < -0.39 is 5.97 Å². The van der Waals surface area contributed by atoms with Gasteiger partial charge < -0.3 is 10.4 Å². The van der Waals surface area contributed by atoms with Gasteiger partial charge in [-0.05, 0) is 30.9 Å². The molecule has 0 heterocycles. The minimum absolute atomic E-state index is 0.192. The van der Waals surface area contributed by atoms with E-state index >= 15 is 0 Å². The summed E-state index contributed by atoms with van der Waals surface area (Å²) >= 11 is 6.09. The SMILES string of the molecule is O=C(O)[C@@H]1CCC[C@H](NCc2ccccc2Cl)C1. The second-order valence-corrected chi connectivity index (χ2v) is 5.28. The summed E-state index contributed by atoms with van der Waals surface area (Å²) in [4.78, 5) is 11.0. The van der Waals surface area contributed by atoms with Crippen molar-refractivity contribution in [2.24, 2.45) is 5.92 Å². The van der Waals surface area contributed by atoms with Crippen molar-refractivity contribution in [1.82, 2.24) is 5.32 Å². The van der Waals surface area contributed by atoms with Gasteiger partial charge in [-0.25, -0.2) is 0 Å². The van der Waals surface area contributed by atoms with Crippen LogP contribution < -0.4 is 5.32 Å². The van der Waals surface area contributed by atoms with Crippen LogP contribution in [-0.4, -0.2) is 17.1 Å². The van der Waals surface area contributed by atoms with Gasteiger partial charge in [-0.15, -0.1) is 0 Å². The van der Waals surface area contributed by atoms with Gasteiger partial charge in [-0.2, -0.15) is 0 Å². The van der Waals surface area contributed by atoms with Crippen LogP contribution >= 0.6 is 11.6 Å². The van der Waals surface area contributed by atoms with E-state index in [-0.39, 0.29) is 12.0 Å². The second-order valence-electron chi connectivity index (χ2n) is 4.87. The fourth-order valence-corrected chi connectivity index (χ4v) is 2.70. The van der Waals surface area contributed by atoms with Crippen molar-refractivity contribution in [3.8, 4) is 0 Å². The lowest BCUT2D eigenvalue weighted by molar-refractivity contribution is -0.143. The van der Waals surface area contributed by atoms with Crippen molar-refractivity contribution in [1.29, 1.82) is 0 Å². The first-order valence-corrected chi connectivity index (χ1v) is 6.74. The Morgan fingerprint density at radius 1 is 1.39 bits per heavy atom. The van der Waals surface area contributed by atoms with Gasteiger partial charge >= 0.3 is 5.97 Å². The Kier molecular flexibility index (Phi) is 4.61. The average Bonchev–Trinajstić information content (AvgIpc) is 2.38. The zero-order valence-corrected chi connectivity index (χ0v) is 11.0. The molecule has 1 saturated carbocycles. The lowest BCUT2D eigenvalue weighted by Crippen LogP contribution is -2.36. The molecule has 0 aromatic heterocycles. The summed E-state index contributed by atoms with van der Waals surface area (Å²) in [6.45, 7) is 0.705. The van der Waals surface area contributed by atoms with Crippen molar-refractivity contribution in [2.75, 3.05) is 0 Å². The van der Waals surface area contributed by atoms with E-state index in [1.54, 1.807) is 0 Å². The topological polar surface area (TPSA) is 49.3 Å². The Labute approximate surface area is 112 Å². The molecule has 0 saturated heterocycles. The zero-order chi connectivity index (χ0) is 13.0. The van der Waals surface area contributed by atoms with Crippen LogP contribution in [0.5, 0.6) is 0 Å². The van der Waals surface area contributed by atoms with Crippen LogP contribution in [0.15, 0.2) is 24.3 Å². The molecule has 2 rings (SSSR count). The molecule has 2 N–H and O–H groups in total. The van der Waals surface area contributed by atoms with Crippen LogP contribution in [0.1, 0.15) is 31.2 Å². The fourth-order valence-electron chi connectivity index (χ4n) is 2.50. The first kappa shape index (κ1) is 13.4. The number of benzene rings is 1. The van der Waals surface area contributed by atoms with E-state index in [4.69, 9.17) is 16.7 Å². The van der Waals surface area contributed by atoms with Crippen LogP contribution in [0.2, 0.25) is 5.02 Å². The van der Waals surface area contributed by atoms with E-state index in [0.29, 0.717) is 6.54 Å². The highest BCUT2D eigenvalue weighted by Crippen LogP contribution is 2.25. The molecule has 1 aromatic rings. The van der Waals surface area contributed by atoms with Gasteiger partial charge in [0.1, 0.15) is 0 Å². The maximum atomic E-state index is 11.0. The summed E-state index contributed by atoms with van der Waals surface area (Å²) in [6, 6.07) is 8.03. The zero-order valence-electron chi connectivity index (χ0n) is 10.2. The van der Waals surface area contributed by atoms with Crippen LogP contribution in [-0.2, 0) is 11.3 Å². The largest absolute Gasteiger partial charge is 0.481 e. The smallest absolute Gasteiger partial charge is 0.306 e. The van der Waals surface area contributed by atoms with Gasteiger partial charge in [0.15, 0.2) is 0 Å². The molecule has 1 fully saturated rings. The molecule has 0 unspecified atom stereocenters. The molecule has 4 heteroatoms. The molecule has 0 radical (unpaired) electrons. The molecule has 2 atom stereocenters. The maximum Gasteiger partial charge on any atom is 0.306 e. The van der Waals surface area contributed by atoms with Crippen molar-refractivity contribution in [3.05, 3.63) is 34.9 Å². The molecule has 0 aliphatic heterocycles. The molecule has 0 bridgehead atoms. The summed E-state index contributed by atoms with van der Waals surface area (Å²) in [5.74, 6) is -0.860. The Bertz CT molecular complexity index is 422. The predicted molar refractivity (Wildman–Crippen MR) is 71.7 cm³/mol. The molecule has 0 spiro atoms. The van der Waals surface area contributed by atoms with Crippen LogP contribution in [0.25, 0.3) is 0 Å². The van der Waals surface area contributed by atoms with Gasteiger partial charge in [0, 0.05) is 17.6 Å². The Hall–Kier alpha value is -1.06. The first-order valence-electron chi connectivity index (χ1n) is 6.36. The molecule has 1 aromatic carbocycles. The number of aliphatic carboxylic acids is 1. The van der Waals surface area contributed by atoms with Crippen LogP contribution in [0.3, 0.4) is 0 Å². The highest BCUT2D eigenvalue weighted by atomic mass is 35.5. The third kappa shape index (κ3) is 3.47. The Balaban J connectivity index is 1.87. The number of carboxylic acids is 1. The fraction of sp³-hybridized carbons (Fsp3) is 0.500. The van der Waals surface area contributed by atoms with E-state index in [2.05, 4.69) is 5.32 Å². The molecule has 0 amide bonds. The lowest BCUT2D eigenvalue weighted by atomic mass is 9.86. The minimum atomic E-state index is -0.667. The molecular weight excluding hydrogens is 250 g/mol. The summed E-state index contributed by atoms with van der Waals surface area (Å²) in [7, 11) is 0. The number of carbonyl (C=O) groups is 1. The van der Waals surface area contributed by atoms with Crippen molar-refractivity contribution in [3.63, 3.8) is 0 Å². The van der Waals surface area contributed by atoms with E-state index in [1.165, 1.54) is 0 Å². The van der Waals surface area contributed by atoms with Gasteiger partial charge in [0.25, 0.3) is 0 Å². The third-order valence-corrected chi connectivity index (χ3v) is 3.93. The van der Waals surface area contributed by atoms with Crippen molar-refractivity contribution < 1.29 is 9.90 Å². The number of rotatable bonds is 4. The highest BCUT2D eigenvalue weighted by molar-refractivity contribution is 6.31. The summed E-state index contributed by atoms with van der Waals surface area (Å²) in [5.41, 5.74) is 1.07. The molecule has 3 nitrogen and oxygen atoms in total. The number of halogens is 1. The van der Waals surface area contributed by atoms with Crippen LogP contribution in [0.4, 0.5) is 0 Å². The van der Waals surface area contributed by atoms with E-state index in [1.807, 2.05) is 24.3 Å². The molecule has 1 aliphatic carbocycles. The summed E-state index contributed by atoms with van der Waals surface area (Å²) in [5, 5.41) is 13.2. The first-order chi connectivity index (χ1) is 8.66. The standard InChI is InChI=1S/C14H18ClNO2/c15-13-7-2-1-4-11(13)9-16-12-6-3-5-10(8-12)14(17)18/h1-2,4,7,10,12,16H,3,5-6,8-9H2,(H,17,18)/t10-,12+/m1/s1. The van der Waals surface area contributed by atoms with E-state index in [9.17, 15) is 4.79 Å². The monoisotopic (exact) mass is 267 g/mol. The third-order valence-electron chi connectivity index (χ3n) is 3.56. The Morgan fingerprint density at radius 3 is 2.89 bits per heavy atom. The number of nitrogens with one attached hydrogen (secondary N) is 1. The van der Waals surface area contributed by atoms with Gasteiger partial charge in [-0.1, -0.05) is 36.2 Å². The van der Waals surface area contributed by atoms with E-state index in [0.717, 1.165) is 36.3 Å². The Morgan fingerprint density at radius 2 is 2.17 bits per heavy atom. The molecular formula is C14H18ClNO2. The number of hydrogen-bond acceptors (Lipinski definition) is 2. The minimum Gasteiger partial charge on any atom is -0.481 e. The van der Waals surface area contributed by atoms with Gasteiger partial charge in [-0.3, -0.25) is 4.79 Å². The summed E-state index contributed by atoms with van der Waals surface area (Å²) < 4.78 is 0. The maximum absolute atomic E-state index is 11.0.